The smallest absolute Gasteiger partial charge is 0.335 e. The fourth-order valence-electron chi connectivity index (χ4n) is 1.34. The highest BCUT2D eigenvalue weighted by Gasteiger charge is 2.01. The first-order chi connectivity index (χ1) is 8.58. The van der Waals surface area contributed by atoms with E-state index in [0.717, 1.165) is 5.56 Å². The molecule has 0 bridgehead atoms. The van der Waals surface area contributed by atoms with E-state index >= 15 is 0 Å². The standard InChI is InChI=1S/C11H10N4O2S/c1-7-13-14-11(18)15(7)12-6-8-2-4-9(5-3-8)10(16)17/h2-6H,1H3,(H,14,18)(H,16,17)/b12-6-. The Bertz CT molecular complexity index is 654. The van der Waals surface area contributed by atoms with Crippen LogP contribution >= 0.6 is 12.2 Å². The van der Waals surface area contributed by atoms with Gasteiger partial charge in [-0.3, -0.25) is 5.10 Å². The van der Waals surface area contributed by atoms with E-state index in [2.05, 4.69) is 15.3 Å². The molecule has 18 heavy (non-hydrogen) atoms. The van der Waals surface area contributed by atoms with Gasteiger partial charge in [0.25, 0.3) is 0 Å². The van der Waals surface area contributed by atoms with Gasteiger partial charge in [-0.15, -0.1) is 0 Å². The minimum absolute atomic E-state index is 0.239. The lowest BCUT2D eigenvalue weighted by molar-refractivity contribution is 0.0697. The first-order valence-corrected chi connectivity index (χ1v) is 5.50. The van der Waals surface area contributed by atoms with Crippen molar-refractivity contribution in [3.63, 3.8) is 0 Å². The number of carboxylic acids is 1. The average molecular weight is 262 g/mol. The Hall–Kier alpha value is -2.28. The maximum absolute atomic E-state index is 10.7. The average Bonchev–Trinajstić information content (AvgIpc) is 2.67. The van der Waals surface area contributed by atoms with Gasteiger partial charge in [-0.1, -0.05) is 12.1 Å². The molecular weight excluding hydrogens is 252 g/mol. The van der Waals surface area contributed by atoms with Crippen LogP contribution in [0.25, 0.3) is 0 Å². The number of nitrogens with zero attached hydrogens (tertiary/aromatic N) is 3. The number of aromatic carboxylic acids is 1. The van der Waals surface area contributed by atoms with Gasteiger partial charge in [-0.25, -0.2) is 4.79 Å². The topological polar surface area (TPSA) is 83.3 Å². The normalized spacial score (nSPS) is 10.9. The highest BCUT2D eigenvalue weighted by molar-refractivity contribution is 7.71. The van der Waals surface area contributed by atoms with Crippen molar-refractivity contribution >= 4 is 24.4 Å². The Labute approximate surface area is 108 Å². The molecule has 0 unspecified atom stereocenters. The number of hydrogen-bond donors (Lipinski definition) is 2. The molecule has 0 aliphatic heterocycles. The summed E-state index contributed by atoms with van der Waals surface area (Å²) < 4.78 is 1.89. The van der Waals surface area contributed by atoms with Crippen LogP contribution in [0.4, 0.5) is 0 Å². The number of carboxylic acid groups (broad SMARTS) is 1. The van der Waals surface area contributed by atoms with Crippen LogP contribution in [0, 0.1) is 11.7 Å². The number of nitrogens with one attached hydrogen (secondary N) is 1. The van der Waals surface area contributed by atoms with E-state index in [0.29, 0.717) is 10.6 Å². The molecule has 0 spiro atoms. The van der Waals surface area contributed by atoms with E-state index in [1.54, 1.807) is 25.3 Å². The van der Waals surface area contributed by atoms with E-state index in [9.17, 15) is 4.79 Å². The lowest BCUT2D eigenvalue weighted by atomic mass is 10.1. The Morgan fingerprint density at radius 3 is 2.67 bits per heavy atom. The number of hydrogen-bond acceptors (Lipinski definition) is 4. The fourth-order valence-corrected chi connectivity index (χ4v) is 1.57. The summed E-state index contributed by atoms with van der Waals surface area (Å²) in [6.45, 7) is 1.77. The second kappa shape index (κ2) is 4.92. The van der Waals surface area contributed by atoms with Crippen LogP contribution in [0.5, 0.6) is 0 Å². The van der Waals surface area contributed by atoms with Gasteiger partial charge in [0.1, 0.15) is 5.82 Å². The molecule has 0 aliphatic rings. The number of H-pyrrole nitrogens is 1. The molecule has 0 atom stereocenters. The molecule has 0 radical (unpaired) electrons. The predicted octanol–water partition coefficient (Wildman–Crippen LogP) is 1.83. The zero-order chi connectivity index (χ0) is 13.1. The lowest BCUT2D eigenvalue weighted by Crippen LogP contribution is -1.97. The highest BCUT2D eigenvalue weighted by atomic mass is 32.1. The summed E-state index contributed by atoms with van der Waals surface area (Å²) in [7, 11) is 0. The number of carbonyl (C=O) groups is 1. The van der Waals surface area contributed by atoms with Crippen molar-refractivity contribution in [3.8, 4) is 0 Å². The summed E-state index contributed by atoms with van der Waals surface area (Å²) in [4.78, 5) is 10.7. The second-order valence-electron chi connectivity index (χ2n) is 3.56. The molecule has 1 heterocycles. The van der Waals surface area contributed by atoms with E-state index in [1.165, 1.54) is 16.8 Å². The van der Waals surface area contributed by atoms with E-state index in [1.807, 2.05) is 0 Å². The SMILES string of the molecule is Cc1n[nH]c(=S)n1/N=C\c1ccc(C(=O)O)cc1. The minimum Gasteiger partial charge on any atom is -0.478 e. The summed E-state index contributed by atoms with van der Waals surface area (Å²) in [6.07, 6.45) is 1.59. The first kappa shape index (κ1) is 12.2. The predicted molar refractivity (Wildman–Crippen MR) is 68.5 cm³/mol. The van der Waals surface area contributed by atoms with Gasteiger partial charge in [-0.2, -0.15) is 14.9 Å². The van der Waals surface area contributed by atoms with Crippen molar-refractivity contribution < 1.29 is 9.90 Å². The number of aryl methyl sites for hydroxylation is 1. The minimum atomic E-state index is -0.952. The number of aromatic amines is 1. The lowest BCUT2D eigenvalue weighted by Gasteiger charge is -1.96. The molecule has 0 amide bonds. The molecule has 92 valence electrons. The summed E-state index contributed by atoms with van der Waals surface area (Å²) in [5.74, 6) is -0.301. The number of rotatable bonds is 3. The number of benzene rings is 1. The van der Waals surface area contributed by atoms with Gasteiger partial charge < -0.3 is 5.11 Å². The molecule has 2 rings (SSSR count). The Kier molecular flexibility index (Phi) is 3.33. The third-order valence-electron chi connectivity index (χ3n) is 2.29. The maximum atomic E-state index is 10.7. The zero-order valence-electron chi connectivity index (χ0n) is 9.49. The van der Waals surface area contributed by atoms with Gasteiger partial charge in [0, 0.05) is 0 Å². The summed E-state index contributed by atoms with van der Waals surface area (Å²) in [6, 6.07) is 6.38. The fraction of sp³-hybridized carbons (Fsp3) is 0.0909. The summed E-state index contributed by atoms with van der Waals surface area (Å²) in [5.41, 5.74) is 1.02. The molecule has 0 fully saturated rings. The van der Waals surface area contributed by atoms with Crippen molar-refractivity contribution in [3.05, 3.63) is 46.0 Å². The van der Waals surface area contributed by atoms with Gasteiger partial charge >= 0.3 is 5.97 Å². The van der Waals surface area contributed by atoms with Crippen LogP contribution < -0.4 is 0 Å². The van der Waals surface area contributed by atoms with Crippen molar-refractivity contribution in [2.75, 3.05) is 0 Å². The van der Waals surface area contributed by atoms with Crippen LogP contribution in [0.15, 0.2) is 29.4 Å². The van der Waals surface area contributed by atoms with Crippen LogP contribution in [-0.2, 0) is 0 Å². The van der Waals surface area contributed by atoms with Crippen LogP contribution in [0.1, 0.15) is 21.7 Å². The molecule has 0 aliphatic carbocycles. The third-order valence-corrected chi connectivity index (χ3v) is 2.56. The zero-order valence-corrected chi connectivity index (χ0v) is 10.3. The quantitative estimate of drug-likeness (QED) is 0.653. The monoisotopic (exact) mass is 262 g/mol. The molecule has 2 N–H and O–H groups in total. The van der Waals surface area contributed by atoms with Crippen LogP contribution in [-0.4, -0.2) is 32.2 Å². The van der Waals surface area contributed by atoms with Crippen molar-refractivity contribution in [1.82, 2.24) is 14.9 Å². The third kappa shape index (κ3) is 2.51. The Morgan fingerprint density at radius 1 is 1.50 bits per heavy atom. The summed E-state index contributed by atoms with van der Waals surface area (Å²) in [5, 5.41) is 19.5. The van der Waals surface area contributed by atoms with Crippen molar-refractivity contribution in [2.45, 2.75) is 6.92 Å². The molecular formula is C11H10N4O2S. The van der Waals surface area contributed by atoms with Gasteiger partial charge in [0.15, 0.2) is 0 Å². The molecule has 2 aromatic rings. The highest BCUT2D eigenvalue weighted by Crippen LogP contribution is 2.03. The van der Waals surface area contributed by atoms with Gasteiger partial charge in [0.05, 0.1) is 11.8 Å². The Balaban J connectivity index is 2.24. The Morgan fingerprint density at radius 2 is 2.17 bits per heavy atom. The van der Waals surface area contributed by atoms with Crippen molar-refractivity contribution in [1.29, 1.82) is 0 Å². The molecule has 0 saturated carbocycles. The first-order valence-electron chi connectivity index (χ1n) is 5.09. The van der Waals surface area contributed by atoms with Gasteiger partial charge in [0.2, 0.25) is 4.77 Å². The second-order valence-corrected chi connectivity index (χ2v) is 3.95. The van der Waals surface area contributed by atoms with Crippen LogP contribution in [0.2, 0.25) is 0 Å². The molecule has 1 aromatic heterocycles. The summed E-state index contributed by atoms with van der Waals surface area (Å²) >= 11 is 5.00. The van der Waals surface area contributed by atoms with E-state index < -0.39 is 5.97 Å². The maximum Gasteiger partial charge on any atom is 0.335 e. The number of aromatic nitrogens is 3. The van der Waals surface area contributed by atoms with Crippen LogP contribution in [0.3, 0.4) is 0 Å². The van der Waals surface area contributed by atoms with Crippen molar-refractivity contribution in [2.24, 2.45) is 5.10 Å². The molecule has 0 saturated heterocycles. The van der Waals surface area contributed by atoms with E-state index in [4.69, 9.17) is 17.3 Å². The van der Waals surface area contributed by atoms with E-state index in [-0.39, 0.29) is 5.56 Å². The van der Waals surface area contributed by atoms with Gasteiger partial charge in [-0.05, 0) is 36.8 Å². The molecule has 6 nitrogen and oxygen atoms in total. The largest absolute Gasteiger partial charge is 0.478 e. The molecule has 7 heteroatoms. The molecule has 1 aromatic carbocycles.